The Balaban J connectivity index is 1.50. The van der Waals surface area contributed by atoms with Gasteiger partial charge in [-0.3, -0.25) is 4.98 Å². The quantitative estimate of drug-likeness (QED) is 0.796. The van der Waals surface area contributed by atoms with Gasteiger partial charge in [-0.05, 0) is 30.3 Å². The van der Waals surface area contributed by atoms with Gasteiger partial charge in [0.15, 0.2) is 0 Å². The highest BCUT2D eigenvalue weighted by Crippen LogP contribution is 2.27. The van der Waals surface area contributed by atoms with Crippen molar-refractivity contribution >= 4 is 16.7 Å². The number of β-amino-alcohol motifs (C(OH)–C–C–N with tert-alkyl or cyclic N) is 1. The van der Waals surface area contributed by atoms with Gasteiger partial charge in [-0.1, -0.05) is 6.07 Å². The molecule has 1 N–H and O–H groups in total. The van der Waals surface area contributed by atoms with Crippen LogP contribution in [0.1, 0.15) is 6.42 Å². The molecule has 1 aromatic carbocycles. The van der Waals surface area contributed by atoms with Gasteiger partial charge in [0.1, 0.15) is 30.1 Å². The number of aliphatic hydroxyl groups is 1. The lowest BCUT2D eigenvalue weighted by Crippen LogP contribution is -2.49. The third-order valence-corrected chi connectivity index (χ3v) is 4.29. The van der Waals surface area contributed by atoms with Crippen molar-refractivity contribution in [2.24, 2.45) is 0 Å². The maximum absolute atomic E-state index is 10.5. The van der Waals surface area contributed by atoms with Crippen LogP contribution in [0.15, 0.2) is 55.1 Å². The predicted molar refractivity (Wildman–Crippen MR) is 91.0 cm³/mol. The number of hydrogen-bond donors (Lipinski definition) is 1. The molecule has 2 atom stereocenters. The van der Waals surface area contributed by atoms with E-state index >= 15 is 0 Å². The van der Waals surface area contributed by atoms with E-state index in [0.717, 1.165) is 35.4 Å². The van der Waals surface area contributed by atoms with E-state index in [-0.39, 0.29) is 6.10 Å². The lowest BCUT2D eigenvalue weighted by molar-refractivity contribution is 0.0249. The van der Waals surface area contributed by atoms with Gasteiger partial charge in [0.25, 0.3) is 0 Å². The van der Waals surface area contributed by atoms with E-state index in [4.69, 9.17) is 4.74 Å². The molecule has 1 fully saturated rings. The van der Waals surface area contributed by atoms with Gasteiger partial charge in [-0.2, -0.15) is 0 Å². The molecule has 0 saturated carbocycles. The third-order valence-electron chi connectivity index (χ3n) is 4.29. The SMILES string of the molecule is O[C@@H]1CN(c2ccncn2)CC[C@H]1Oc1cccc2ncccc12. The van der Waals surface area contributed by atoms with Gasteiger partial charge in [-0.15, -0.1) is 0 Å². The fraction of sp³-hybridized carbons (Fsp3) is 0.278. The average Bonchev–Trinajstić information content (AvgIpc) is 2.64. The van der Waals surface area contributed by atoms with Crippen molar-refractivity contribution in [3.8, 4) is 5.75 Å². The molecule has 4 rings (SSSR count). The average molecular weight is 322 g/mol. The zero-order valence-corrected chi connectivity index (χ0v) is 13.1. The maximum atomic E-state index is 10.5. The number of benzene rings is 1. The first-order valence-electron chi connectivity index (χ1n) is 8.01. The number of rotatable bonds is 3. The van der Waals surface area contributed by atoms with E-state index in [1.165, 1.54) is 6.33 Å². The number of ether oxygens (including phenoxy) is 1. The zero-order chi connectivity index (χ0) is 16.4. The maximum Gasteiger partial charge on any atom is 0.131 e. The van der Waals surface area contributed by atoms with Crippen molar-refractivity contribution in [3.63, 3.8) is 0 Å². The Morgan fingerprint density at radius 3 is 2.88 bits per heavy atom. The molecule has 0 spiro atoms. The smallest absolute Gasteiger partial charge is 0.131 e. The van der Waals surface area contributed by atoms with E-state index < -0.39 is 6.10 Å². The summed E-state index contributed by atoms with van der Waals surface area (Å²) in [6.07, 6.45) is 4.89. The highest BCUT2D eigenvalue weighted by Gasteiger charge is 2.30. The van der Waals surface area contributed by atoms with Crippen LogP contribution >= 0.6 is 0 Å². The molecule has 1 saturated heterocycles. The molecule has 122 valence electrons. The standard InChI is InChI=1S/C18H18N4O2/c23-15-11-22(18-6-9-19-12-21-18)10-7-17(15)24-16-5-1-4-14-13(16)3-2-8-20-14/h1-6,8-9,12,15,17,23H,7,10-11H2/t15-,17-/m1/s1. The second kappa shape index (κ2) is 6.41. The van der Waals surface area contributed by atoms with Crippen molar-refractivity contribution in [1.82, 2.24) is 15.0 Å². The van der Waals surface area contributed by atoms with Gasteiger partial charge >= 0.3 is 0 Å². The van der Waals surface area contributed by atoms with Crippen molar-refractivity contribution in [1.29, 1.82) is 0 Å². The first kappa shape index (κ1) is 14.8. The molecule has 1 aliphatic rings. The Morgan fingerprint density at radius 1 is 1.08 bits per heavy atom. The van der Waals surface area contributed by atoms with Crippen LogP contribution in [0.25, 0.3) is 10.9 Å². The van der Waals surface area contributed by atoms with Gasteiger partial charge in [0.05, 0.1) is 5.52 Å². The first-order valence-corrected chi connectivity index (χ1v) is 8.01. The van der Waals surface area contributed by atoms with E-state index in [1.54, 1.807) is 12.4 Å². The number of aromatic nitrogens is 3. The summed E-state index contributed by atoms with van der Waals surface area (Å²) in [4.78, 5) is 14.6. The topological polar surface area (TPSA) is 71.4 Å². The fourth-order valence-electron chi connectivity index (χ4n) is 3.07. The second-order valence-corrected chi connectivity index (χ2v) is 5.85. The Morgan fingerprint density at radius 2 is 2.04 bits per heavy atom. The van der Waals surface area contributed by atoms with E-state index in [2.05, 4.69) is 19.9 Å². The van der Waals surface area contributed by atoms with E-state index in [9.17, 15) is 5.11 Å². The minimum Gasteiger partial charge on any atom is -0.487 e. The van der Waals surface area contributed by atoms with Crippen molar-refractivity contribution in [2.45, 2.75) is 18.6 Å². The Kier molecular flexibility index (Phi) is 3.96. The Hall–Kier alpha value is -2.73. The van der Waals surface area contributed by atoms with Crippen molar-refractivity contribution in [2.75, 3.05) is 18.0 Å². The summed E-state index contributed by atoms with van der Waals surface area (Å²) in [5, 5.41) is 11.5. The lowest BCUT2D eigenvalue weighted by Gasteiger charge is -2.36. The Labute approximate surface area is 139 Å². The summed E-state index contributed by atoms with van der Waals surface area (Å²) in [5.74, 6) is 1.59. The van der Waals surface area contributed by atoms with E-state index in [0.29, 0.717) is 6.54 Å². The molecule has 0 unspecified atom stereocenters. The van der Waals surface area contributed by atoms with Crippen molar-refractivity contribution < 1.29 is 9.84 Å². The molecule has 6 nitrogen and oxygen atoms in total. The number of fused-ring (bicyclic) bond motifs is 1. The molecular formula is C18H18N4O2. The third kappa shape index (κ3) is 2.88. The van der Waals surface area contributed by atoms with Gasteiger partial charge in [0.2, 0.25) is 0 Å². The van der Waals surface area contributed by atoms with Crippen LogP contribution in [0.2, 0.25) is 0 Å². The number of anilines is 1. The van der Waals surface area contributed by atoms with Crippen molar-refractivity contribution in [3.05, 3.63) is 55.1 Å². The summed E-state index contributed by atoms with van der Waals surface area (Å²) in [5.41, 5.74) is 0.892. The number of hydrogen-bond acceptors (Lipinski definition) is 6. The van der Waals surface area contributed by atoms with Gasteiger partial charge in [-0.25, -0.2) is 9.97 Å². The summed E-state index contributed by atoms with van der Waals surface area (Å²) in [7, 11) is 0. The first-order chi connectivity index (χ1) is 11.8. The largest absolute Gasteiger partial charge is 0.487 e. The molecule has 2 aromatic heterocycles. The number of piperidine rings is 1. The van der Waals surface area contributed by atoms with Gasteiger partial charge < -0.3 is 14.7 Å². The molecular weight excluding hydrogens is 304 g/mol. The zero-order valence-electron chi connectivity index (χ0n) is 13.1. The number of nitrogens with zero attached hydrogens (tertiary/aromatic N) is 4. The predicted octanol–water partition coefficient (Wildman–Crippen LogP) is 2.04. The summed E-state index contributed by atoms with van der Waals surface area (Å²) in [6, 6.07) is 11.5. The second-order valence-electron chi connectivity index (χ2n) is 5.85. The molecule has 0 amide bonds. The molecule has 3 aromatic rings. The highest BCUT2D eigenvalue weighted by atomic mass is 16.5. The van der Waals surface area contributed by atoms with Crippen LogP contribution in [0.5, 0.6) is 5.75 Å². The van der Waals surface area contributed by atoms with E-state index in [1.807, 2.05) is 36.4 Å². The molecule has 6 heteroatoms. The molecule has 24 heavy (non-hydrogen) atoms. The number of aliphatic hydroxyl groups excluding tert-OH is 1. The highest BCUT2D eigenvalue weighted by molar-refractivity contribution is 5.84. The molecule has 0 aliphatic carbocycles. The summed E-state index contributed by atoms with van der Waals surface area (Å²) in [6.45, 7) is 1.27. The molecule has 0 radical (unpaired) electrons. The summed E-state index contributed by atoms with van der Waals surface area (Å²) >= 11 is 0. The fourth-order valence-corrected chi connectivity index (χ4v) is 3.07. The summed E-state index contributed by atoms with van der Waals surface area (Å²) < 4.78 is 6.12. The Bertz CT molecular complexity index is 822. The minimum atomic E-state index is -0.583. The van der Waals surface area contributed by atoms with Gasteiger partial charge in [0, 0.05) is 37.3 Å². The molecule has 1 aliphatic heterocycles. The van der Waals surface area contributed by atoms with Crippen LogP contribution in [0.4, 0.5) is 5.82 Å². The van der Waals surface area contributed by atoms with Crippen LogP contribution < -0.4 is 9.64 Å². The minimum absolute atomic E-state index is 0.242. The monoisotopic (exact) mass is 322 g/mol. The molecule has 3 heterocycles. The lowest BCUT2D eigenvalue weighted by atomic mass is 10.0. The van der Waals surface area contributed by atoms with Crippen LogP contribution in [0, 0.1) is 0 Å². The van der Waals surface area contributed by atoms with Crippen LogP contribution in [-0.4, -0.2) is 45.4 Å². The normalized spacial score (nSPS) is 21.0. The van der Waals surface area contributed by atoms with Crippen LogP contribution in [-0.2, 0) is 0 Å². The molecule has 0 bridgehead atoms. The van der Waals surface area contributed by atoms with Crippen LogP contribution in [0.3, 0.4) is 0 Å². The number of pyridine rings is 1.